The molecular formula is C22H22N2O5S. The maximum atomic E-state index is 12.8. The number of aryl methyl sites for hydroxylation is 1. The van der Waals surface area contributed by atoms with Gasteiger partial charge in [0.15, 0.2) is 6.61 Å². The van der Waals surface area contributed by atoms with Gasteiger partial charge < -0.3 is 19.5 Å². The zero-order chi connectivity index (χ0) is 21.5. The number of thiazole rings is 1. The van der Waals surface area contributed by atoms with Gasteiger partial charge in [0.05, 0.1) is 19.4 Å². The summed E-state index contributed by atoms with van der Waals surface area (Å²) in [6, 6.07) is 14.4. The Kier molecular flexibility index (Phi) is 7.03. The fourth-order valence-electron chi connectivity index (χ4n) is 2.64. The van der Waals surface area contributed by atoms with Crippen molar-refractivity contribution in [3.05, 3.63) is 59.1 Å². The van der Waals surface area contributed by atoms with E-state index in [0.717, 1.165) is 16.3 Å². The van der Waals surface area contributed by atoms with Gasteiger partial charge in [-0.3, -0.25) is 4.79 Å². The third kappa shape index (κ3) is 5.36. The number of aromatic nitrogens is 1. The number of carbonyl (C=O) groups is 2. The molecule has 0 aliphatic rings. The Hall–Kier alpha value is -3.39. The zero-order valence-corrected chi connectivity index (χ0v) is 17.7. The number of ether oxygens (including phenoxy) is 3. The summed E-state index contributed by atoms with van der Waals surface area (Å²) in [5.74, 6) is 0.509. The Balaban J connectivity index is 1.71. The van der Waals surface area contributed by atoms with E-state index in [0.29, 0.717) is 28.6 Å². The third-order valence-electron chi connectivity index (χ3n) is 4.09. The van der Waals surface area contributed by atoms with Gasteiger partial charge >= 0.3 is 5.97 Å². The molecule has 0 unspecified atom stereocenters. The van der Waals surface area contributed by atoms with Crippen LogP contribution in [0.2, 0.25) is 0 Å². The molecule has 0 bridgehead atoms. The summed E-state index contributed by atoms with van der Waals surface area (Å²) in [7, 11) is 1.29. The van der Waals surface area contributed by atoms with Crippen LogP contribution in [0.4, 0.5) is 5.69 Å². The second kappa shape index (κ2) is 9.89. The molecule has 1 aromatic heterocycles. The van der Waals surface area contributed by atoms with E-state index >= 15 is 0 Å². The summed E-state index contributed by atoms with van der Waals surface area (Å²) in [5, 5.41) is 3.61. The molecular weight excluding hydrogens is 404 g/mol. The number of hydrogen-bond donors (Lipinski definition) is 1. The Morgan fingerprint density at radius 2 is 1.83 bits per heavy atom. The van der Waals surface area contributed by atoms with Crippen LogP contribution in [0.15, 0.2) is 48.5 Å². The van der Waals surface area contributed by atoms with Crippen molar-refractivity contribution in [1.82, 2.24) is 4.98 Å². The first-order valence-corrected chi connectivity index (χ1v) is 10.1. The highest BCUT2D eigenvalue weighted by atomic mass is 32.1. The van der Waals surface area contributed by atoms with Crippen LogP contribution < -0.4 is 14.8 Å². The number of rotatable bonds is 8. The normalized spacial score (nSPS) is 10.4. The van der Waals surface area contributed by atoms with Gasteiger partial charge in [-0.05, 0) is 50.2 Å². The van der Waals surface area contributed by atoms with E-state index in [9.17, 15) is 9.59 Å². The van der Waals surface area contributed by atoms with Crippen molar-refractivity contribution in [2.24, 2.45) is 0 Å². The van der Waals surface area contributed by atoms with Gasteiger partial charge in [0, 0.05) is 17.3 Å². The van der Waals surface area contributed by atoms with Crippen LogP contribution in [0.25, 0.3) is 10.6 Å². The largest absolute Gasteiger partial charge is 0.494 e. The molecule has 0 radical (unpaired) electrons. The van der Waals surface area contributed by atoms with E-state index < -0.39 is 5.97 Å². The van der Waals surface area contributed by atoms with Gasteiger partial charge in [0.1, 0.15) is 21.4 Å². The molecule has 0 saturated heterocycles. The van der Waals surface area contributed by atoms with Crippen molar-refractivity contribution in [1.29, 1.82) is 0 Å². The number of anilines is 1. The highest BCUT2D eigenvalue weighted by Crippen LogP contribution is 2.30. The number of hydrogen-bond acceptors (Lipinski definition) is 7. The molecule has 1 amide bonds. The molecule has 7 nitrogen and oxygen atoms in total. The number of nitrogens with one attached hydrogen (secondary N) is 1. The maximum Gasteiger partial charge on any atom is 0.343 e. The van der Waals surface area contributed by atoms with Crippen molar-refractivity contribution >= 4 is 28.9 Å². The lowest BCUT2D eigenvalue weighted by Crippen LogP contribution is -2.13. The van der Waals surface area contributed by atoms with Crippen LogP contribution in [0.1, 0.15) is 22.3 Å². The summed E-state index contributed by atoms with van der Waals surface area (Å²) >= 11 is 1.32. The Labute approximate surface area is 178 Å². The summed E-state index contributed by atoms with van der Waals surface area (Å²) in [6.07, 6.45) is 0. The van der Waals surface area contributed by atoms with E-state index in [-0.39, 0.29) is 12.5 Å². The van der Waals surface area contributed by atoms with Crippen LogP contribution in [-0.4, -0.2) is 37.2 Å². The molecule has 0 saturated carbocycles. The van der Waals surface area contributed by atoms with Gasteiger partial charge in [0.2, 0.25) is 0 Å². The van der Waals surface area contributed by atoms with Crippen molar-refractivity contribution in [2.45, 2.75) is 13.8 Å². The van der Waals surface area contributed by atoms with Gasteiger partial charge in [0.25, 0.3) is 5.91 Å². The molecule has 30 heavy (non-hydrogen) atoms. The predicted molar refractivity (Wildman–Crippen MR) is 115 cm³/mol. The fraction of sp³-hybridized carbons (Fsp3) is 0.227. The third-order valence-corrected chi connectivity index (χ3v) is 5.30. The molecule has 3 aromatic rings. The number of carbonyl (C=O) groups excluding carboxylic acids is 2. The quantitative estimate of drug-likeness (QED) is 0.540. The highest BCUT2D eigenvalue weighted by molar-refractivity contribution is 7.17. The molecule has 0 aliphatic heterocycles. The van der Waals surface area contributed by atoms with Crippen molar-refractivity contribution in [2.75, 3.05) is 25.6 Å². The number of benzene rings is 2. The van der Waals surface area contributed by atoms with Crippen molar-refractivity contribution in [3.8, 4) is 22.1 Å². The first-order valence-electron chi connectivity index (χ1n) is 9.32. The van der Waals surface area contributed by atoms with Gasteiger partial charge in [-0.2, -0.15) is 0 Å². The van der Waals surface area contributed by atoms with Crippen LogP contribution >= 0.6 is 11.3 Å². The molecule has 8 heteroatoms. The molecule has 156 valence electrons. The summed E-state index contributed by atoms with van der Waals surface area (Å²) in [5.41, 5.74) is 2.13. The van der Waals surface area contributed by atoms with E-state index in [1.807, 2.05) is 31.2 Å². The molecule has 1 N–H and O–H groups in total. The lowest BCUT2D eigenvalue weighted by Gasteiger charge is -2.08. The molecule has 0 aliphatic carbocycles. The first-order chi connectivity index (χ1) is 14.5. The number of nitrogens with zero attached hydrogens (tertiary/aromatic N) is 1. The maximum absolute atomic E-state index is 12.8. The Morgan fingerprint density at radius 1 is 1.07 bits per heavy atom. The lowest BCUT2D eigenvalue weighted by molar-refractivity contribution is -0.142. The predicted octanol–water partition coefficient (Wildman–Crippen LogP) is 4.32. The molecule has 1 heterocycles. The molecule has 0 fully saturated rings. The second-order valence-corrected chi connectivity index (χ2v) is 7.24. The summed E-state index contributed by atoms with van der Waals surface area (Å²) in [4.78, 5) is 29.0. The van der Waals surface area contributed by atoms with Gasteiger partial charge in [-0.1, -0.05) is 6.07 Å². The minimum atomic E-state index is -0.480. The Bertz CT molecular complexity index is 1030. The summed E-state index contributed by atoms with van der Waals surface area (Å²) in [6.45, 7) is 4.14. The zero-order valence-electron chi connectivity index (χ0n) is 16.9. The molecule has 3 rings (SSSR count). The van der Waals surface area contributed by atoms with Crippen molar-refractivity contribution < 1.29 is 23.8 Å². The van der Waals surface area contributed by atoms with E-state index in [1.165, 1.54) is 18.4 Å². The minimum Gasteiger partial charge on any atom is -0.494 e. The molecule has 0 spiro atoms. The van der Waals surface area contributed by atoms with E-state index in [2.05, 4.69) is 15.0 Å². The first kappa shape index (κ1) is 21.3. The monoisotopic (exact) mass is 426 g/mol. The smallest absolute Gasteiger partial charge is 0.343 e. The lowest BCUT2D eigenvalue weighted by atomic mass is 10.2. The van der Waals surface area contributed by atoms with Crippen LogP contribution in [-0.2, 0) is 9.53 Å². The van der Waals surface area contributed by atoms with Crippen LogP contribution in [0.5, 0.6) is 11.5 Å². The van der Waals surface area contributed by atoms with Gasteiger partial charge in [-0.15, -0.1) is 11.3 Å². The number of methoxy groups -OCH3 is 1. The minimum absolute atomic E-state index is 0.201. The highest BCUT2D eigenvalue weighted by Gasteiger charge is 2.17. The standard InChI is InChI=1S/C22H22N2O5S/c1-4-28-17-10-8-15(9-11-17)22-23-14(2)20(30-22)21(26)24-16-6-5-7-18(12-16)29-13-19(25)27-3/h5-12H,4,13H2,1-3H3,(H,24,26). The second-order valence-electron chi connectivity index (χ2n) is 6.24. The van der Waals surface area contributed by atoms with Gasteiger partial charge in [-0.25, -0.2) is 9.78 Å². The molecule has 0 atom stereocenters. The van der Waals surface area contributed by atoms with Crippen LogP contribution in [0, 0.1) is 6.92 Å². The van der Waals surface area contributed by atoms with Crippen molar-refractivity contribution in [3.63, 3.8) is 0 Å². The molecule has 2 aromatic carbocycles. The number of esters is 1. The SMILES string of the molecule is CCOc1ccc(-c2nc(C)c(C(=O)Nc3cccc(OCC(=O)OC)c3)s2)cc1. The average molecular weight is 426 g/mol. The number of amides is 1. The fourth-order valence-corrected chi connectivity index (χ4v) is 3.61. The summed E-state index contributed by atoms with van der Waals surface area (Å²) < 4.78 is 15.4. The average Bonchev–Trinajstić information content (AvgIpc) is 3.15. The topological polar surface area (TPSA) is 86.8 Å². The van der Waals surface area contributed by atoms with E-state index in [1.54, 1.807) is 31.2 Å². The van der Waals surface area contributed by atoms with E-state index in [4.69, 9.17) is 9.47 Å². The van der Waals surface area contributed by atoms with Crippen LogP contribution in [0.3, 0.4) is 0 Å². The Morgan fingerprint density at radius 3 is 2.53 bits per heavy atom.